The molecule has 1 aromatic carbocycles. The Labute approximate surface area is 190 Å². The number of rotatable bonds is 7. The Hall–Kier alpha value is -2.47. The van der Waals surface area contributed by atoms with Crippen LogP contribution in [0.5, 0.6) is 0 Å². The van der Waals surface area contributed by atoms with Gasteiger partial charge in [-0.2, -0.15) is 5.26 Å². The third-order valence-corrected chi connectivity index (χ3v) is 7.28. The number of nitrogens with zero attached hydrogens (tertiary/aromatic N) is 3. The summed E-state index contributed by atoms with van der Waals surface area (Å²) in [6.07, 6.45) is 7.99. The molecule has 0 spiro atoms. The van der Waals surface area contributed by atoms with Crippen LogP contribution >= 0.6 is 0 Å². The van der Waals surface area contributed by atoms with Crippen LogP contribution in [0.2, 0.25) is 0 Å². The molecule has 0 radical (unpaired) electrons. The van der Waals surface area contributed by atoms with Gasteiger partial charge in [0.05, 0.1) is 36.9 Å². The molecule has 1 aliphatic carbocycles. The Bertz CT molecular complexity index is 1030. The summed E-state index contributed by atoms with van der Waals surface area (Å²) < 4.78 is 33.0. The number of pyridine rings is 1. The summed E-state index contributed by atoms with van der Waals surface area (Å²) >= 11 is 0. The lowest BCUT2D eigenvalue weighted by molar-refractivity contribution is 0.0157. The Morgan fingerprint density at radius 1 is 1.12 bits per heavy atom. The van der Waals surface area contributed by atoms with Crippen LogP contribution in [0.1, 0.15) is 49.3 Å². The zero-order valence-corrected chi connectivity index (χ0v) is 19.2. The minimum atomic E-state index is -3.33. The maximum Gasteiger partial charge on any atom is 0.209 e. The van der Waals surface area contributed by atoms with Gasteiger partial charge in [0.2, 0.25) is 10.0 Å². The first-order valence-electron chi connectivity index (χ1n) is 11.2. The van der Waals surface area contributed by atoms with Crippen LogP contribution in [0.3, 0.4) is 0 Å². The molecule has 2 heterocycles. The van der Waals surface area contributed by atoms with Gasteiger partial charge in [-0.05, 0) is 55.7 Å². The highest BCUT2D eigenvalue weighted by atomic mass is 32.2. The molecular formula is C24H30N4O3S. The van der Waals surface area contributed by atoms with Gasteiger partial charge in [-0.1, -0.05) is 30.3 Å². The van der Waals surface area contributed by atoms with Gasteiger partial charge in [0.25, 0.3) is 0 Å². The second-order valence-electron chi connectivity index (χ2n) is 8.78. The lowest BCUT2D eigenvalue weighted by Gasteiger charge is -2.33. The minimum absolute atomic E-state index is 0.119. The number of sulfonamides is 1. The summed E-state index contributed by atoms with van der Waals surface area (Å²) in [6.45, 7) is 1.16. The first-order chi connectivity index (χ1) is 15.4. The van der Waals surface area contributed by atoms with Crippen molar-refractivity contribution >= 4 is 15.7 Å². The summed E-state index contributed by atoms with van der Waals surface area (Å²) in [5, 5.41) is 9.01. The highest BCUT2D eigenvalue weighted by Gasteiger charge is 2.37. The normalized spacial score (nSPS) is 26.1. The summed E-state index contributed by atoms with van der Waals surface area (Å²) in [5.74, 6) is 0.586. The van der Waals surface area contributed by atoms with E-state index in [1.165, 1.54) is 11.8 Å². The predicted molar refractivity (Wildman–Crippen MR) is 124 cm³/mol. The zero-order chi connectivity index (χ0) is 22.6. The van der Waals surface area contributed by atoms with Gasteiger partial charge in [-0.15, -0.1) is 0 Å². The van der Waals surface area contributed by atoms with Crippen molar-refractivity contribution in [3.8, 4) is 6.07 Å². The molecule has 2 aromatic rings. The fourth-order valence-electron chi connectivity index (χ4n) is 4.94. The van der Waals surface area contributed by atoms with Crippen molar-refractivity contribution < 1.29 is 13.2 Å². The fraction of sp³-hybridized carbons (Fsp3) is 0.500. The molecule has 1 saturated carbocycles. The standard InChI is InChI=1S/C24H30N4O3S/c1-32(29,30)27-23-13-14-28(21-10-9-20(15-25)26-16-21)24(23)17-31-22-11-7-19(8-12-22)18-5-3-2-4-6-18/h2-6,9-10,16,19,22-24,27H,7-8,11-14,17H2,1H3/t19?,22?,23-,24-/m0/s1. The van der Waals surface area contributed by atoms with Crippen molar-refractivity contribution in [3.05, 3.63) is 59.9 Å². The van der Waals surface area contributed by atoms with E-state index >= 15 is 0 Å². The number of benzene rings is 1. The SMILES string of the molecule is CS(=O)(=O)N[C@H]1CCN(c2ccc(C#N)nc2)[C@H]1COC1CCC(c2ccccc2)CC1. The number of ether oxygens (including phenoxy) is 1. The molecule has 0 bridgehead atoms. The van der Waals surface area contributed by atoms with Crippen LogP contribution in [-0.4, -0.2) is 51.0 Å². The maximum absolute atomic E-state index is 11.9. The molecule has 0 amide bonds. The van der Waals surface area contributed by atoms with Crippen LogP contribution in [-0.2, 0) is 14.8 Å². The number of nitrogens with one attached hydrogen (secondary N) is 1. The van der Waals surface area contributed by atoms with Gasteiger partial charge in [0, 0.05) is 12.6 Å². The zero-order valence-electron chi connectivity index (χ0n) is 18.4. The third-order valence-electron chi connectivity index (χ3n) is 6.55. The van der Waals surface area contributed by atoms with Gasteiger partial charge < -0.3 is 9.64 Å². The molecule has 1 aliphatic heterocycles. The average molecular weight is 455 g/mol. The van der Waals surface area contributed by atoms with Crippen LogP contribution < -0.4 is 9.62 Å². The van der Waals surface area contributed by atoms with Crippen LogP contribution in [0.4, 0.5) is 5.69 Å². The molecule has 8 heteroatoms. The molecule has 2 aliphatic rings. The van der Waals surface area contributed by atoms with Crippen LogP contribution in [0, 0.1) is 11.3 Å². The van der Waals surface area contributed by atoms with Crippen LogP contribution in [0.15, 0.2) is 48.7 Å². The van der Waals surface area contributed by atoms with E-state index in [9.17, 15) is 8.42 Å². The molecule has 1 saturated heterocycles. The topological polar surface area (TPSA) is 95.3 Å². The van der Waals surface area contributed by atoms with Crippen molar-refractivity contribution in [2.45, 2.75) is 56.2 Å². The van der Waals surface area contributed by atoms with Gasteiger partial charge in [0.1, 0.15) is 11.8 Å². The first kappa shape index (κ1) is 22.7. The van der Waals surface area contributed by atoms with E-state index in [0.717, 1.165) is 31.4 Å². The maximum atomic E-state index is 11.9. The average Bonchev–Trinajstić information content (AvgIpc) is 3.19. The number of anilines is 1. The van der Waals surface area contributed by atoms with E-state index < -0.39 is 10.0 Å². The Morgan fingerprint density at radius 2 is 1.88 bits per heavy atom. The lowest BCUT2D eigenvalue weighted by atomic mass is 9.83. The third kappa shape index (κ3) is 5.66. The number of hydrogen-bond donors (Lipinski definition) is 1. The van der Waals surface area contributed by atoms with Crippen LogP contribution in [0.25, 0.3) is 0 Å². The highest BCUT2D eigenvalue weighted by molar-refractivity contribution is 7.88. The summed E-state index contributed by atoms with van der Waals surface area (Å²) in [7, 11) is -3.33. The van der Waals surface area contributed by atoms with Crippen molar-refractivity contribution in [1.82, 2.24) is 9.71 Å². The van der Waals surface area contributed by atoms with E-state index in [4.69, 9.17) is 10.00 Å². The van der Waals surface area contributed by atoms with Crippen molar-refractivity contribution in [1.29, 1.82) is 5.26 Å². The van der Waals surface area contributed by atoms with E-state index in [-0.39, 0.29) is 18.2 Å². The Morgan fingerprint density at radius 3 is 2.50 bits per heavy atom. The molecule has 1 N–H and O–H groups in total. The molecule has 170 valence electrons. The lowest BCUT2D eigenvalue weighted by Crippen LogP contribution is -2.48. The molecule has 7 nitrogen and oxygen atoms in total. The van der Waals surface area contributed by atoms with E-state index in [0.29, 0.717) is 31.2 Å². The molecule has 1 aromatic heterocycles. The summed E-state index contributed by atoms with van der Waals surface area (Å²) in [4.78, 5) is 6.33. The molecule has 0 unspecified atom stereocenters. The summed E-state index contributed by atoms with van der Waals surface area (Å²) in [6, 6.07) is 15.9. The number of aromatic nitrogens is 1. The van der Waals surface area contributed by atoms with Gasteiger partial charge in [-0.3, -0.25) is 0 Å². The number of nitriles is 1. The van der Waals surface area contributed by atoms with Crippen molar-refractivity contribution in [3.63, 3.8) is 0 Å². The van der Waals surface area contributed by atoms with Gasteiger partial charge >= 0.3 is 0 Å². The largest absolute Gasteiger partial charge is 0.376 e. The smallest absolute Gasteiger partial charge is 0.209 e. The Balaban J connectivity index is 1.40. The van der Waals surface area contributed by atoms with Gasteiger partial charge in [0.15, 0.2) is 0 Å². The predicted octanol–water partition coefficient (Wildman–Crippen LogP) is 3.19. The highest BCUT2D eigenvalue weighted by Crippen LogP contribution is 2.34. The quantitative estimate of drug-likeness (QED) is 0.690. The van der Waals surface area contributed by atoms with Crippen molar-refractivity contribution in [2.24, 2.45) is 0 Å². The van der Waals surface area contributed by atoms with E-state index in [1.807, 2.05) is 12.1 Å². The molecule has 2 fully saturated rings. The second-order valence-corrected chi connectivity index (χ2v) is 10.6. The van der Waals surface area contributed by atoms with Gasteiger partial charge in [-0.25, -0.2) is 18.1 Å². The first-order valence-corrected chi connectivity index (χ1v) is 13.1. The Kier molecular flexibility index (Phi) is 7.09. The van der Waals surface area contributed by atoms with E-state index in [1.54, 1.807) is 12.3 Å². The monoisotopic (exact) mass is 454 g/mol. The molecule has 2 atom stereocenters. The minimum Gasteiger partial charge on any atom is -0.376 e. The molecular weight excluding hydrogens is 424 g/mol. The fourth-order valence-corrected chi connectivity index (χ4v) is 5.76. The second kappa shape index (κ2) is 9.99. The summed E-state index contributed by atoms with van der Waals surface area (Å²) in [5.41, 5.74) is 2.64. The van der Waals surface area contributed by atoms with Crippen molar-refractivity contribution in [2.75, 3.05) is 24.3 Å². The molecule has 32 heavy (non-hydrogen) atoms. The number of hydrogen-bond acceptors (Lipinski definition) is 6. The van der Waals surface area contributed by atoms with E-state index in [2.05, 4.69) is 44.9 Å². The molecule has 4 rings (SSSR count).